The van der Waals surface area contributed by atoms with E-state index in [-0.39, 0.29) is 17.5 Å². The second kappa shape index (κ2) is 4.88. The Balaban J connectivity index is 2.11. The number of pyridine rings is 1. The Labute approximate surface area is 113 Å². The molecule has 19 heavy (non-hydrogen) atoms. The van der Waals surface area contributed by atoms with E-state index < -0.39 is 0 Å². The molecule has 0 saturated carbocycles. The van der Waals surface area contributed by atoms with E-state index in [2.05, 4.69) is 16.4 Å². The van der Waals surface area contributed by atoms with Gasteiger partial charge in [-0.15, -0.1) is 0 Å². The number of hydrogen-bond donors (Lipinski definition) is 1. The van der Waals surface area contributed by atoms with Crippen LogP contribution in [0.25, 0.3) is 0 Å². The minimum atomic E-state index is -0.171. The standard InChI is InChI=1S/C14H18N4O/c1-14(2,3)18-9-11(7-12(18)19)17-13-10(8-15)5-4-6-16-13/h4-6,11H,7,9H2,1-3H3,(H,16,17). The van der Waals surface area contributed by atoms with E-state index >= 15 is 0 Å². The number of nitrogens with one attached hydrogen (secondary N) is 1. The van der Waals surface area contributed by atoms with E-state index in [0.29, 0.717) is 24.3 Å². The van der Waals surface area contributed by atoms with Crippen LogP contribution in [0.1, 0.15) is 32.8 Å². The van der Waals surface area contributed by atoms with Crippen LogP contribution in [0.15, 0.2) is 18.3 Å². The summed E-state index contributed by atoms with van der Waals surface area (Å²) in [6, 6.07) is 5.55. The van der Waals surface area contributed by atoms with Gasteiger partial charge in [0.1, 0.15) is 11.9 Å². The second-order valence-corrected chi connectivity index (χ2v) is 5.73. The molecule has 0 radical (unpaired) electrons. The zero-order chi connectivity index (χ0) is 14.0. The molecular formula is C14H18N4O. The summed E-state index contributed by atoms with van der Waals surface area (Å²) in [6.45, 7) is 6.71. The van der Waals surface area contributed by atoms with Crippen molar-refractivity contribution in [1.82, 2.24) is 9.88 Å². The monoisotopic (exact) mass is 258 g/mol. The summed E-state index contributed by atoms with van der Waals surface area (Å²) >= 11 is 0. The van der Waals surface area contributed by atoms with Crippen LogP contribution in [0, 0.1) is 11.3 Å². The van der Waals surface area contributed by atoms with Gasteiger partial charge in [0.05, 0.1) is 11.6 Å². The van der Waals surface area contributed by atoms with Crippen molar-refractivity contribution in [2.75, 3.05) is 11.9 Å². The number of amides is 1. The number of aromatic nitrogens is 1. The summed E-state index contributed by atoms with van der Waals surface area (Å²) in [7, 11) is 0. The minimum absolute atomic E-state index is 0.00808. The van der Waals surface area contributed by atoms with Crippen LogP contribution >= 0.6 is 0 Å². The van der Waals surface area contributed by atoms with E-state index in [0.717, 1.165) is 0 Å². The van der Waals surface area contributed by atoms with Crippen LogP contribution in [0.4, 0.5) is 5.82 Å². The van der Waals surface area contributed by atoms with E-state index in [9.17, 15) is 4.79 Å². The Bertz CT molecular complexity index is 527. The molecular weight excluding hydrogens is 240 g/mol. The molecule has 1 aromatic rings. The van der Waals surface area contributed by atoms with Crippen molar-refractivity contribution >= 4 is 11.7 Å². The van der Waals surface area contributed by atoms with Gasteiger partial charge < -0.3 is 10.2 Å². The molecule has 1 atom stereocenters. The van der Waals surface area contributed by atoms with Crippen LogP contribution in [-0.2, 0) is 4.79 Å². The fourth-order valence-electron chi connectivity index (χ4n) is 2.26. The maximum Gasteiger partial charge on any atom is 0.225 e. The first-order chi connectivity index (χ1) is 8.91. The zero-order valence-corrected chi connectivity index (χ0v) is 11.5. The Morgan fingerprint density at radius 2 is 2.26 bits per heavy atom. The van der Waals surface area contributed by atoms with Crippen LogP contribution in [0.3, 0.4) is 0 Å². The summed E-state index contributed by atoms with van der Waals surface area (Å²) in [5, 5.41) is 12.2. The molecule has 2 rings (SSSR count). The lowest BCUT2D eigenvalue weighted by atomic mass is 10.1. The molecule has 1 amide bonds. The van der Waals surface area contributed by atoms with Crippen molar-refractivity contribution in [3.8, 4) is 6.07 Å². The molecule has 0 aliphatic carbocycles. The van der Waals surface area contributed by atoms with Crippen LogP contribution in [0.2, 0.25) is 0 Å². The van der Waals surface area contributed by atoms with Gasteiger partial charge in [-0.3, -0.25) is 4.79 Å². The average molecular weight is 258 g/mol. The van der Waals surface area contributed by atoms with E-state index in [1.807, 2.05) is 25.7 Å². The second-order valence-electron chi connectivity index (χ2n) is 5.73. The SMILES string of the molecule is CC(C)(C)N1CC(Nc2ncccc2C#N)CC1=O. The molecule has 5 nitrogen and oxygen atoms in total. The topological polar surface area (TPSA) is 69.0 Å². The van der Waals surface area contributed by atoms with Gasteiger partial charge in [0.2, 0.25) is 5.91 Å². The third-order valence-electron chi connectivity index (χ3n) is 3.20. The Morgan fingerprint density at radius 1 is 1.53 bits per heavy atom. The number of likely N-dealkylation sites (tertiary alicyclic amines) is 1. The molecule has 1 aliphatic rings. The van der Waals surface area contributed by atoms with Gasteiger partial charge in [-0.1, -0.05) is 0 Å². The van der Waals surface area contributed by atoms with Gasteiger partial charge in [-0.25, -0.2) is 4.98 Å². The number of hydrogen-bond acceptors (Lipinski definition) is 4. The fourth-order valence-corrected chi connectivity index (χ4v) is 2.26. The molecule has 0 spiro atoms. The van der Waals surface area contributed by atoms with Gasteiger partial charge in [0, 0.05) is 24.7 Å². The summed E-state index contributed by atoms with van der Waals surface area (Å²) in [5.74, 6) is 0.693. The number of rotatable bonds is 2. The molecule has 1 aromatic heterocycles. The Kier molecular flexibility index (Phi) is 3.43. The highest BCUT2D eigenvalue weighted by Crippen LogP contribution is 2.24. The Morgan fingerprint density at radius 3 is 2.84 bits per heavy atom. The predicted molar refractivity (Wildman–Crippen MR) is 72.4 cm³/mol. The summed E-state index contributed by atoms with van der Waals surface area (Å²) in [5.41, 5.74) is 0.333. The van der Waals surface area contributed by atoms with Gasteiger partial charge in [0.25, 0.3) is 0 Å². The van der Waals surface area contributed by atoms with Gasteiger partial charge >= 0.3 is 0 Å². The lowest BCUT2D eigenvalue weighted by Crippen LogP contribution is -2.43. The maximum absolute atomic E-state index is 12.0. The van der Waals surface area contributed by atoms with Crippen LogP contribution < -0.4 is 5.32 Å². The van der Waals surface area contributed by atoms with Crippen LogP contribution in [0.5, 0.6) is 0 Å². The molecule has 5 heteroatoms. The smallest absolute Gasteiger partial charge is 0.225 e. The molecule has 1 saturated heterocycles. The first-order valence-corrected chi connectivity index (χ1v) is 6.34. The fraction of sp³-hybridized carbons (Fsp3) is 0.500. The molecule has 1 N–H and O–H groups in total. The van der Waals surface area contributed by atoms with Gasteiger partial charge in [0.15, 0.2) is 0 Å². The van der Waals surface area contributed by atoms with E-state index in [1.165, 1.54) is 0 Å². The summed E-state index contributed by atoms with van der Waals surface area (Å²) < 4.78 is 0. The number of nitrogens with zero attached hydrogens (tertiary/aromatic N) is 3. The Hall–Kier alpha value is -2.09. The molecule has 2 heterocycles. The van der Waals surface area contributed by atoms with Crippen molar-refractivity contribution in [3.05, 3.63) is 23.9 Å². The molecule has 100 valence electrons. The first-order valence-electron chi connectivity index (χ1n) is 6.34. The van der Waals surface area contributed by atoms with Gasteiger partial charge in [-0.05, 0) is 32.9 Å². The highest BCUT2D eigenvalue weighted by molar-refractivity contribution is 5.80. The van der Waals surface area contributed by atoms with Crippen molar-refractivity contribution in [3.63, 3.8) is 0 Å². The van der Waals surface area contributed by atoms with Crippen molar-refractivity contribution in [2.45, 2.75) is 38.8 Å². The highest BCUT2D eigenvalue weighted by Gasteiger charge is 2.36. The van der Waals surface area contributed by atoms with E-state index in [4.69, 9.17) is 5.26 Å². The number of anilines is 1. The maximum atomic E-state index is 12.0. The molecule has 0 bridgehead atoms. The van der Waals surface area contributed by atoms with Crippen molar-refractivity contribution < 1.29 is 4.79 Å². The quantitative estimate of drug-likeness (QED) is 0.877. The first kappa shape index (κ1) is 13.3. The number of nitriles is 1. The largest absolute Gasteiger partial charge is 0.364 e. The normalized spacial score (nSPS) is 19.4. The van der Waals surface area contributed by atoms with Crippen molar-refractivity contribution in [1.29, 1.82) is 5.26 Å². The molecule has 1 aliphatic heterocycles. The third kappa shape index (κ3) is 2.84. The number of carbonyl (C=O) groups excluding carboxylic acids is 1. The highest BCUT2D eigenvalue weighted by atomic mass is 16.2. The lowest BCUT2D eigenvalue weighted by molar-refractivity contribution is -0.131. The van der Waals surface area contributed by atoms with Crippen LogP contribution in [-0.4, -0.2) is 33.9 Å². The average Bonchev–Trinajstić information content (AvgIpc) is 2.71. The lowest BCUT2D eigenvalue weighted by Gasteiger charge is -2.32. The minimum Gasteiger partial charge on any atom is -0.364 e. The molecule has 0 aromatic carbocycles. The molecule has 1 unspecified atom stereocenters. The number of carbonyl (C=O) groups is 1. The van der Waals surface area contributed by atoms with Gasteiger partial charge in [-0.2, -0.15) is 5.26 Å². The van der Waals surface area contributed by atoms with Crippen molar-refractivity contribution in [2.24, 2.45) is 0 Å². The summed E-state index contributed by atoms with van der Waals surface area (Å²) in [6.07, 6.45) is 2.08. The summed E-state index contributed by atoms with van der Waals surface area (Å²) in [4.78, 5) is 18.0. The predicted octanol–water partition coefficient (Wildman–Crippen LogP) is 1.76. The zero-order valence-electron chi connectivity index (χ0n) is 11.5. The third-order valence-corrected chi connectivity index (χ3v) is 3.20. The van der Waals surface area contributed by atoms with E-state index in [1.54, 1.807) is 18.3 Å². The molecule has 1 fully saturated rings.